The third-order valence-electron chi connectivity index (χ3n) is 2.75. The lowest BCUT2D eigenvalue weighted by Crippen LogP contribution is -2.45. The molecule has 1 rings (SSSR count). The minimum Gasteiger partial charge on any atom is -0.374 e. The van der Waals surface area contributed by atoms with Crippen molar-refractivity contribution >= 4 is 5.91 Å². The number of nitrogens with zero attached hydrogens (tertiary/aromatic N) is 1. The summed E-state index contributed by atoms with van der Waals surface area (Å²) in [6.45, 7) is 4.58. The zero-order valence-electron chi connectivity index (χ0n) is 10.3. The SMILES string of the molecule is CNC(=O)CCCNCC1CN(C)CCO1. The predicted molar refractivity (Wildman–Crippen MR) is 63.4 cm³/mol. The van der Waals surface area contributed by atoms with Crippen molar-refractivity contribution in [2.75, 3.05) is 46.9 Å². The molecule has 0 aromatic rings. The topological polar surface area (TPSA) is 53.6 Å². The Balaban J connectivity index is 1.96. The third kappa shape index (κ3) is 5.44. The second-order valence-electron chi connectivity index (χ2n) is 4.24. The lowest BCUT2D eigenvalue weighted by molar-refractivity contribution is -0.120. The fourth-order valence-corrected chi connectivity index (χ4v) is 1.75. The van der Waals surface area contributed by atoms with Crippen molar-refractivity contribution in [3.63, 3.8) is 0 Å². The molecule has 0 spiro atoms. The van der Waals surface area contributed by atoms with Gasteiger partial charge in [-0.3, -0.25) is 4.79 Å². The summed E-state index contributed by atoms with van der Waals surface area (Å²) >= 11 is 0. The average molecular weight is 229 g/mol. The first-order valence-corrected chi connectivity index (χ1v) is 5.94. The second-order valence-corrected chi connectivity index (χ2v) is 4.24. The molecule has 2 N–H and O–H groups in total. The molecule has 1 aliphatic heterocycles. The van der Waals surface area contributed by atoms with E-state index in [9.17, 15) is 4.79 Å². The Morgan fingerprint density at radius 3 is 3.06 bits per heavy atom. The van der Waals surface area contributed by atoms with Crippen molar-refractivity contribution < 1.29 is 9.53 Å². The number of carbonyl (C=O) groups is 1. The molecule has 0 aromatic carbocycles. The molecule has 1 heterocycles. The average Bonchev–Trinajstić information content (AvgIpc) is 2.28. The van der Waals surface area contributed by atoms with Crippen LogP contribution < -0.4 is 10.6 Å². The molecule has 5 heteroatoms. The molecular formula is C11H23N3O2. The maximum Gasteiger partial charge on any atom is 0.219 e. The Hall–Kier alpha value is -0.650. The summed E-state index contributed by atoms with van der Waals surface area (Å²) in [7, 11) is 3.78. The molecule has 1 unspecified atom stereocenters. The Bertz CT molecular complexity index is 211. The first-order chi connectivity index (χ1) is 7.72. The zero-order valence-corrected chi connectivity index (χ0v) is 10.3. The fourth-order valence-electron chi connectivity index (χ4n) is 1.75. The number of hydrogen-bond donors (Lipinski definition) is 2. The monoisotopic (exact) mass is 229 g/mol. The number of ether oxygens (including phenoxy) is 1. The van der Waals surface area contributed by atoms with E-state index in [1.165, 1.54) is 0 Å². The van der Waals surface area contributed by atoms with Gasteiger partial charge in [-0.1, -0.05) is 0 Å². The van der Waals surface area contributed by atoms with Crippen LogP contribution in [0.3, 0.4) is 0 Å². The Labute approximate surface area is 97.5 Å². The maximum absolute atomic E-state index is 10.9. The number of nitrogens with one attached hydrogen (secondary N) is 2. The van der Waals surface area contributed by atoms with E-state index in [1.54, 1.807) is 7.05 Å². The number of likely N-dealkylation sites (N-methyl/N-ethyl adjacent to an activating group) is 1. The van der Waals surface area contributed by atoms with E-state index in [1.807, 2.05) is 0 Å². The van der Waals surface area contributed by atoms with Crippen molar-refractivity contribution in [2.24, 2.45) is 0 Å². The molecule has 16 heavy (non-hydrogen) atoms. The molecule has 5 nitrogen and oxygen atoms in total. The minimum absolute atomic E-state index is 0.107. The molecule has 0 saturated carbocycles. The van der Waals surface area contributed by atoms with Gasteiger partial charge in [0.2, 0.25) is 5.91 Å². The third-order valence-corrected chi connectivity index (χ3v) is 2.75. The van der Waals surface area contributed by atoms with Crippen LogP contribution in [0.2, 0.25) is 0 Å². The van der Waals surface area contributed by atoms with Crippen LogP contribution in [0.4, 0.5) is 0 Å². The lowest BCUT2D eigenvalue weighted by Gasteiger charge is -2.30. The van der Waals surface area contributed by atoms with Crippen molar-refractivity contribution in [2.45, 2.75) is 18.9 Å². The molecule has 1 amide bonds. The van der Waals surface area contributed by atoms with Gasteiger partial charge in [-0.05, 0) is 20.0 Å². The smallest absolute Gasteiger partial charge is 0.219 e. The standard InChI is InChI=1S/C11H23N3O2/c1-12-11(15)4-3-5-13-8-10-9-14(2)6-7-16-10/h10,13H,3-9H2,1-2H3,(H,12,15). The number of rotatable bonds is 6. The normalized spacial score (nSPS) is 22.0. The van der Waals surface area contributed by atoms with Crippen LogP contribution in [0.1, 0.15) is 12.8 Å². The van der Waals surface area contributed by atoms with Gasteiger partial charge in [0.05, 0.1) is 12.7 Å². The van der Waals surface area contributed by atoms with Crippen molar-refractivity contribution in [3.8, 4) is 0 Å². The lowest BCUT2D eigenvalue weighted by atomic mass is 10.2. The highest BCUT2D eigenvalue weighted by Gasteiger charge is 2.16. The van der Waals surface area contributed by atoms with Crippen molar-refractivity contribution in [1.82, 2.24) is 15.5 Å². The molecular weight excluding hydrogens is 206 g/mol. The molecule has 1 fully saturated rings. The number of amides is 1. The number of hydrogen-bond acceptors (Lipinski definition) is 4. The van der Waals surface area contributed by atoms with E-state index in [-0.39, 0.29) is 5.91 Å². The molecule has 1 atom stereocenters. The number of morpholine rings is 1. The Morgan fingerprint density at radius 1 is 1.56 bits per heavy atom. The van der Waals surface area contributed by atoms with Crippen LogP contribution in [0.25, 0.3) is 0 Å². The van der Waals surface area contributed by atoms with Crippen LogP contribution >= 0.6 is 0 Å². The van der Waals surface area contributed by atoms with Crippen LogP contribution in [-0.4, -0.2) is 63.8 Å². The molecule has 0 bridgehead atoms. The Kier molecular flexibility index (Phi) is 6.37. The highest BCUT2D eigenvalue weighted by molar-refractivity contribution is 5.75. The molecule has 0 aliphatic carbocycles. The van der Waals surface area contributed by atoms with E-state index in [0.29, 0.717) is 12.5 Å². The summed E-state index contributed by atoms with van der Waals surface area (Å²) in [5, 5.41) is 5.94. The molecule has 0 aromatic heterocycles. The van der Waals surface area contributed by atoms with Crippen LogP contribution in [0.15, 0.2) is 0 Å². The van der Waals surface area contributed by atoms with Gasteiger partial charge in [-0.25, -0.2) is 0 Å². The van der Waals surface area contributed by atoms with E-state index >= 15 is 0 Å². The minimum atomic E-state index is 0.107. The fraction of sp³-hybridized carbons (Fsp3) is 0.909. The molecule has 94 valence electrons. The van der Waals surface area contributed by atoms with Gasteiger partial charge in [0.15, 0.2) is 0 Å². The largest absolute Gasteiger partial charge is 0.374 e. The molecule has 1 aliphatic rings. The van der Waals surface area contributed by atoms with E-state index in [2.05, 4.69) is 22.6 Å². The van der Waals surface area contributed by atoms with Gasteiger partial charge in [0.1, 0.15) is 0 Å². The van der Waals surface area contributed by atoms with Gasteiger partial charge in [0.25, 0.3) is 0 Å². The number of carbonyl (C=O) groups excluding carboxylic acids is 1. The van der Waals surface area contributed by atoms with Gasteiger partial charge < -0.3 is 20.3 Å². The van der Waals surface area contributed by atoms with E-state index in [4.69, 9.17) is 4.74 Å². The molecule has 0 radical (unpaired) electrons. The summed E-state index contributed by atoms with van der Waals surface area (Å²) < 4.78 is 5.61. The summed E-state index contributed by atoms with van der Waals surface area (Å²) in [5.41, 5.74) is 0. The van der Waals surface area contributed by atoms with Crippen LogP contribution in [0.5, 0.6) is 0 Å². The highest BCUT2D eigenvalue weighted by Crippen LogP contribution is 2.01. The highest BCUT2D eigenvalue weighted by atomic mass is 16.5. The summed E-state index contributed by atoms with van der Waals surface area (Å²) in [4.78, 5) is 13.2. The second kappa shape index (κ2) is 7.60. The van der Waals surface area contributed by atoms with Gasteiger partial charge in [-0.15, -0.1) is 0 Å². The van der Waals surface area contributed by atoms with Crippen LogP contribution in [-0.2, 0) is 9.53 Å². The predicted octanol–water partition coefficient (Wildman–Crippen LogP) is -0.567. The van der Waals surface area contributed by atoms with Crippen molar-refractivity contribution in [3.05, 3.63) is 0 Å². The van der Waals surface area contributed by atoms with Gasteiger partial charge in [0, 0.05) is 33.1 Å². The summed E-state index contributed by atoms with van der Waals surface area (Å²) in [6.07, 6.45) is 1.76. The first kappa shape index (κ1) is 13.4. The summed E-state index contributed by atoms with van der Waals surface area (Å²) in [6, 6.07) is 0. The van der Waals surface area contributed by atoms with E-state index in [0.717, 1.165) is 39.2 Å². The zero-order chi connectivity index (χ0) is 11.8. The Morgan fingerprint density at radius 2 is 2.38 bits per heavy atom. The van der Waals surface area contributed by atoms with Crippen LogP contribution in [0, 0.1) is 0 Å². The van der Waals surface area contributed by atoms with Crippen molar-refractivity contribution in [1.29, 1.82) is 0 Å². The van der Waals surface area contributed by atoms with Gasteiger partial charge in [-0.2, -0.15) is 0 Å². The quantitative estimate of drug-likeness (QED) is 0.599. The first-order valence-electron chi connectivity index (χ1n) is 5.94. The van der Waals surface area contributed by atoms with E-state index < -0.39 is 0 Å². The molecule has 1 saturated heterocycles. The van der Waals surface area contributed by atoms with Gasteiger partial charge >= 0.3 is 0 Å². The maximum atomic E-state index is 10.9. The summed E-state index contributed by atoms with van der Waals surface area (Å²) in [5.74, 6) is 0.107.